The molecule has 0 fully saturated rings. The smallest absolute Gasteiger partial charge is 0.250 e. The maximum Gasteiger partial charge on any atom is 0.250 e. The quantitative estimate of drug-likeness (QED) is 0.801. The molecule has 1 aromatic carbocycles. The van der Waals surface area contributed by atoms with Crippen molar-refractivity contribution in [3.63, 3.8) is 0 Å². The van der Waals surface area contributed by atoms with Gasteiger partial charge in [-0.05, 0) is 12.1 Å². The number of rotatable bonds is 3. The molecule has 0 saturated carbocycles. The van der Waals surface area contributed by atoms with Crippen molar-refractivity contribution in [1.29, 1.82) is 0 Å². The lowest BCUT2D eigenvalue weighted by Gasteiger charge is -2.18. The van der Waals surface area contributed by atoms with Crippen molar-refractivity contribution in [3.05, 3.63) is 29.8 Å². The predicted molar refractivity (Wildman–Crippen MR) is 58.2 cm³/mol. The Balaban J connectivity index is 3.32. The van der Waals surface area contributed by atoms with Crippen LogP contribution in [0.25, 0.3) is 0 Å². The first-order valence-corrected chi connectivity index (χ1v) is 6.01. The summed E-state index contributed by atoms with van der Waals surface area (Å²) in [6.45, 7) is 0. The highest BCUT2D eigenvalue weighted by Crippen LogP contribution is 2.20. The lowest BCUT2D eigenvalue weighted by atomic mass is 10.2. The summed E-state index contributed by atoms with van der Waals surface area (Å²) in [5.41, 5.74) is 5.61. The van der Waals surface area contributed by atoms with E-state index < -0.39 is 15.9 Å². The Morgan fingerprint density at radius 1 is 1.33 bits per heavy atom. The van der Waals surface area contributed by atoms with Crippen molar-refractivity contribution in [2.75, 3.05) is 17.6 Å². The first kappa shape index (κ1) is 11.5. The van der Waals surface area contributed by atoms with Crippen molar-refractivity contribution >= 4 is 21.6 Å². The monoisotopic (exact) mass is 228 g/mol. The van der Waals surface area contributed by atoms with Gasteiger partial charge in [0.2, 0.25) is 10.0 Å². The molecule has 1 rings (SSSR count). The molecule has 0 bridgehead atoms. The summed E-state index contributed by atoms with van der Waals surface area (Å²) in [4.78, 5) is 11.1. The fourth-order valence-corrected chi connectivity index (χ4v) is 1.65. The van der Waals surface area contributed by atoms with E-state index in [9.17, 15) is 13.2 Å². The number of para-hydroxylation sites is 1. The molecule has 0 aliphatic rings. The summed E-state index contributed by atoms with van der Waals surface area (Å²) < 4.78 is 23.6. The van der Waals surface area contributed by atoms with Gasteiger partial charge in [0, 0.05) is 7.05 Å². The third-order valence-electron chi connectivity index (χ3n) is 2.01. The molecule has 0 unspecified atom stereocenters. The molecule has 0 aliphatic heterocycles. The van der Waals surface area contributed by atoms with Crippen LogP contribution in [0.15, 0.2) is 24.3 Å². The average molecular weight is 228 g/mol. The van der Waals surface area contributed by atoms with Crippen LogP contribution >= 0.6 is 0 Å². The van der Waals surface area contributed by atoms with Crippen molar-refractivity contribution in [3.8, 4) is 0 Å². The van der Waals surface area contributed by atoms with Crippen molar-refractivity contribution in [1.82, 2.24) is 0 Å². The van der Waals surface area contributed by atoms with E-state index in [0.717, 1.165) is 10.6 Å². The van der Waals surface area contributed by atoms with E-state index in [1.807, 2.05) is 0 Å². The van der Waals surface area contributed by atoms with Gasteiger partial charge in [-0.15, -0.1) is 0 Å². The standard InChI is InChI=1S/C9H12N2O3S/c1-11(15(2,13)14)8-6-4-3-5-7(8)9(10)12/h3-6H,1-2H3,(H2,10,12). The van der Waals surface area contributed by atoms with E-state index in [2.05, 4.69) is 0 Å². The molecule has 5 nitrogen and oxygen atoms in total. The number of carbonyl (C=O) groups excluding carboxylic acids is 1. The molecule has 15 heavy (non-hydrogen) atoms. The van der Waals surface area contributed by atoms with E-state index in [4.69, 9.17) is 5.73 Å². The third-order valence-corrected chi connectivity index (χ3v) is 3.20. The van der Waals surface area contributed by atoms with Crippen LogP contribution < -0.4 is 10.0 Å². The van der Waals surface area contributed by atoms with Crippen LogP contribution in [0, 0.1) is 0 Å². The Kier molecular flexibility index (Phi) is 2.99. The number of primary amides is 1. The van der Waals surface area contributed by atoms with Crippen LogP contribution in [-0.2, 0) is 10.0 Å². The van der Waals surface area contributed by atoms with Crippen LogP contribution in [0.2, 0.25) is 0 Å². The molecule has 1 aromatic rings. The first-order chi connectivity index (χ1) is 6.84. The molecule has 6 heteroatoms. The van der Waals surface area contributed by atoms with Gasteiger partial charge in [-0.2, -0.15) is 0 Å². The second-order valence-corrected chi connectivity index (χ2v) is 5.13. The molecule has 0 spiro atoms. The molecule has 0 saturated heterocycles. The Morgan fingerprint density at radius 2 is 1.87 bits per heavy atom. The molecule has 0 heterocycles. The number of hydrogen-bond acceptors (Lipinski definition) is 3. The van der Waals surface area contributed by atoms with Crippen LogP contribution in [0.3, 0.4) is 0 Å². The molecular weight excluding hydrogens is 216 g/mol. The number of carbonyl (C=O) groups is 1. The number of nitrogens with two attached hydrogens (primary N) is 1. The Bertz CT molecular complexity index is 482. The number of amides is 1. The van der Waals surface area contributed by atoms with E-state index in [-0.39, 0.29) is 11.3 Å². The van der Waals surface area contributed by atoms with Gasteiger partial charge in [-0.1, -0.05) is 12.1 Å². The van der Waals surface area contributed by atoms with Gasteiger partial charge in [0.1, 0.15) is 0 Å². The largest absolute Gasteiger partial charge is 0.366 e. The maximum atomic E-state index is 11.3. The Labute approximate surface area is 88.5 Å². The summed E-state index contributed by atoms with van der Waals surface area (Å²) in [6, 6.07) is 6.28. The molecule has 82 valence electrons. The van der Waals surface area contributed by atoms with E-state index >= 15 is 0 Å². The number of sulfonamides is 1. The minimum Gasteiger partial charge on any atom is -0.366 e. The van der Waals surface area contributed by atoms with Gasteiger partial charge >= 0.3 is 0 Å². The second kappa shape index (κ2) is 3.90. The summed E-state index contributed by atoms with van der Waals surface area (Å²) in [6.07, 6.45) is 1.06. The lowest BCUT2D eigenvalue weighted by Crippen LogP contribution is -2.27. The minimum atomic E-state index is -3.39. The lowest BCUT2D eigenvalue weighted by molar-refractivity contribution is 0.100. The highest BCUT2D eigenvalue weighted by atomic mass is 32.2. The summed E-state index contributed by atoms with van der Waals surface area (Å²) in [5, 5.41) is 0. The van der Waals surface area contributed by atoms with Crippen molar-refractivity contribution in [2.24, 2.45) is 5.73 Å². The number of anilines is 1. The van der Waals surface area contributed by atoms with Gasteiger partial charge in [-0.25, -0.2) is 8.42 Å². The first-order valence-electron chi connectivity index (χ1n) is 4.17. The zero-order chi connectivity index (χ0) is 11.6. The molecule has 1 amide bonds. The van der Waals surface area contributed by atoms with Gasteiger partial charge in [-0.3, -0.25) is 9.10 Å². The molecule has 0 atom stereocenters. The highest BCUT2D eigenvalue weighted by molar-refractivity contribution is 7.92. The molecule has 2 N–H and O–H groups in total. The van der Waals surface area contributed by atoms with E-state index in [1.165, 1.54) is 19.2 Å². The van der Waals surface area contributed by atoms with Crippen LogP contribution in [0.4, 0.5) is 5.69 Å². The highest BCUT2D eigenvalue weighted by Gasteiger charge is 2.17. The van der Waals surface area contributed by atoms with Crippen LogP contribution in [0.1, 0.15) is 10.4 Å². The van der Waals surface area contributed by atoms with E-state index in [0.29, 0.717) is 0 Å². The molecule has 0 aliphatic carbocycles. The van der Waals surface area contributed by atoms with Gasteiger partial charge in [0.15, 0.2) is 0 Å². The van der Waals surface area contributed by atoms with Crippen LogP contribution in [-0.4, -0.2) is 27.6 Å². The maximum absolute atomic E-state index is 11.3. The SMILES string of the molecule is CN(c1ccccc1C(N)=O)S(C)(=O)=O. The fourth-order valence-electron chi connectivity index (χ4n) is 1.14. The third kappa shape index (κ3) is 2.47. The predicted octanol–water partition coefficient (Wildman–Crippen LogP) is 0.181. The Hall–Kier alpha value is -1.56. The van der Waals surface area contributed by atoms with Gasteiger partial charge < -0.3 is 5.73 Å². The molecule has 0 radical (unpaired) electrons. The molecular formula is C9H12N2O3S. The fraction of sp³-hybridized carbons (Fsp3) is 0.222. The van der Waals surface area contributed by atoms with Gasteiger partial charge in [0.05, 0.1) is 17.5 Å². The number of nitrogens with zero attached hydrogens (tertiary/aromatic N) is 1. The summed E-state index contributed by atoms with van der Waals surface area (Å²) in [7, 11) is -2.01. The van der Waals surface area contributed by atoms with Crippen molar-refractivity contribution in [2.45, 2.75) is 0 Å². The topological polar surface area (TPSA) is 80.5 Å². The number of hydrogen-bond donors (Lipinski definition) is 1. The normalized spacial score (nSPS) is 11.1. The second-order valence-electron chi connectivity index (χ2n) is 3.11. The number of benzene rings is 1. The minimum absolute atomic E-state index is 0.186. The summed E-state index contributed by atoms with van der Waals surface area (Å²) >= 11 is 0. The van der Waals surface area contributed by atoms with E-state index in [1.54, 1.807) is 12.1 Å². The zero-order valence-corrected chi connectivity index (χ0v) is 9.28. The van der Waals surface area contributed by atoms with Crippen LogP contribution in [0.5, 0.6) is 0 Å². The van der Waals surface area contributed by atoms with Crippen molar-refractivity contribution < 1.29 is 13.2 Å². The Morgan fingerprint density at radius 3 is 2.33 bits per heavy atom. The summed E-state index contributed by atoms with van der Waals surface area (Å²) in [5.74, 6) is -0.652. The molecule has 0 aromatic heterocycles. The average Bonchev–Trinajstić information content (AvgIpc) is 2.15. The van der Waals surface area contributed by atoms with Gasteiger partial charge in [0.25, 0.3) is 5.91 Å². The zero-order valence-electron chi connectivity index (χ0n) is 8.47.